The van der Waals surface area contributed by atoms with Gasteiger partial charge in [0.2, 0.25) is 11.8 Å². The van der Waals surface area contributed by atoms with E-state index in [9.17, 15) is 9.59 Å². The number of benzene rings is 2. The summed E-state index contributed by atoms with van der Waals surface area (Å²) < 4.78 is 11.0. The van der Waals surface area contributed by atoms with Gasteiger partial charge in [-0.15, -0.1) is 0 Å². The van der Waals surface area contributed by atoms with Crippen molar-refractivity contribution < 1.29 is 18.7 Å². The average molecular weight is 378 g/mol. The summed E-state index contributed by atoms with van der Waals surface area (Å²) in [6.45, 7) is 1.41. The maximum Gasteiger partial charge on any atom is 0.224 e. The maximum absolute atomic E-state index is 12.3. The highest BCUT2D eigenvalue weighted by Crippen LogP contribution is 2.28. The molecule has 0 fully saturated rings. The third kappa shape index (κ3) is 5.01. The highest BCUT2D eigenvalue weighted by molar-refractivity contribution is 5.94. The number of hydrogen-bond acceptors (Lipinski definition) is 4. The third-order valence-corrected chi connectivity index (χ3v) is 4.11. The van der Waals surface area contributed by atoms with Gasteiger partial charge in [0.1, 0.15) is 17.3 Å². The van der Waals surface area contributed by atoms with Gasteiger partial charge in [-0.1, -0.05) is 30.3 Å². The molecule has 0 saturated heterocycles. The largest absolute Gasteiger partial charge is 0.495 e. The number of ether oxygens (including phenoxy) is 1. The Morgan fingerprint density at radius 1 is 1.00 bits per heavy atom. The fourth-order valence-corrected chi connectivity index (χ4v) is 2.80. The van der Waals surface area contributed by atoms with Crippen LogP contribution in [0.1, 0.15) is 19.1 Å². The van der Waals surface area contributed by atoms with Crippen molar-refractivity contribution in [3.05, 3.63) is 66.4 Å². The molecule has 0 aliphatic rings. The monoisotopic (exact) mass is 378 g/mol. The Bertz CT molecular complexity index is 964. The van der Waals surface area contributed by atoms with E-state index in [0.717, 1.165) is 17.1 Å². The molecule has 144 valence electrons. The van der Waals surface area contributed by atoms with E-state index in [0.29, 0.717) is 23.5 Å². The van der Waals surface area contributed by atoms with Crippen molar-refractivity contribution in [1.82, 2.24) is 0 Å². The predicted molar refractivity (Wildman–Crippen MR) is 108 cm³/mol. The normalized spacial score (nSPS) is 10.4. The number of hydrogen-bond donors (Lipinski definition) is 2. The van der Waals surface area contributed by atoms with Crippen molar-refractivity contribution >= 4 is 23.2 Å². The van der Waals surface area contributed by atoms with Crippen LogP contribution in [-0.2, 0) is 16.0 Å². The molecule has 1 aromatic heterocycles. The summed E-state index contributed by atoms with van der Waals surface area (Å²) in [7, 11) is 1.52. The highest BCUT2D eigenvalue weighted by atomic mass is 16.5. The number of nitrogens with one attached hydrogen (secondary N) is 2. The summed E-state index contributed by atoms with van der Waals surface area (Å²) in [6, 6.07) is 18.7. The van der Waals surface area contributed by atoms with Crippen LogP contribution in [0.2, 0.25) is 0 Å². The van der Waals surface area contributed by atoms with Crippen LogP contribution in [0.25, 0.3) is 11.3 Å². The Morgan fingerprint density at radius 3 is 2.50 bits per heavy atom. The zero-order valence-electron chi connectivity index (χ0n) is 15.8. The van der Waals surface area contributed by atoms with Crippen molar-refractivity contribution in [2.24, 2.45) is 0 Å². The highest BCUT2D eigenvalue weighted by Gasteiger charge is 2.10. The first-order chi connectivity index (χ1) is 13.5. The minimum Gasteiger partial charge on any atom is -0.495 e. The van der Waals surface area contributed by atoms with Gasteiger partial charge in [0.25, 0.3) is 0 Å². The molecule has 28 heavy (non-hydrogen) atoms. The molecule has 0 atom stereocenters. The lowest BCUT2D eigenvalue weighted by atomic mass is 10.2. The molecule has 0 saturated carbocycles. The van der Waals surface area contributed by atoms with Crippen LogP contribution in [0.3, 0.4) is 0 Å². The standard InChI is InChI=1S/C22H22N2O4/c1-15(25)23-19-14-17(8-11-21(19)27-2)24-22(26)13-10-18-9-12-20(28-18)16-6-4-3-5-7-16/h3-9,11-12,14H,10,13H2,1-2H3,(H,23,25)(H,24,26). The first-order valence-electron chi connectivity index (χ1n) is 8.95. The zero-order valence-corrected chi connectivity index (χ0v) is 15.8. The number of anilines is 2. The molecule has 0 spiro atoms. The number of rotatable bonds is 7. The summed E-state index contributed by atoms with van der Waals surface area (Å²) in [5.41, 5.74) is 2.09. The average Bonchev–Trinajstić information content (AvgIpc) is 3.16. The zero-order chi connectivity index (χ0) is 19.9. The summed E-state index contributed by atoms with van der Waals surface area (Å²) in [5.74, 6) is 1.71. The molecule has 0 unspecified atom stereocenters. The lowest BCUT2D eigenvalue weighted by Crippen LogP contribution is -2.13. The molecule has 0 bridgehead atoms. The van der Waals surface area contributed by atoms with Crippen LogP contribution < -0.4 is 15.4 Å². The minimum absolute atomic E-state index is 0.142. The molecule has 0 aliphatic carbocycles. The molecule has 3 aromatic rings. The van der Waals surface area contributed by atoms with Gasteiger partial charge >= 0.3 is 0 Å². The molecule has 6 heteroatoms. The van der Waals surface area contributed by atoms with Crippen molar-refractivity contribution in [1.29, 1.82) is 0 Å². The van der Waals surface area contributed by atoms with Crippen molar-refractivity contribution in [2.45, 2.75) is 19.8 Å². The van der Waals surface area contributed by atoms with Crippen LogP contribution in [0.15, 0.2) is 65.1 Å². The Labute approximate surface area is 163 Å². The number of methoxy groups -OCH3 is 1. The smallest absolute Gasteiger partial charge is 0.224 e. The summed E-state index contributed by atoms with van der Waals surface area (Å²) in [6.07, 6.45) is 0.774. The van der Waals surface area contributed by atoms with E-state index in [1.807, 2.05) is 42.5 Å². The minimum atomic E-state index is -0.214. The SMILES string of the molecule is COc1ccc(NC(=O)CCc2ccc(-c3ccccc3)o2)cc1NC(C)=O. The molecule has 2 aromatic carbocycles. The van der Waals surface area contributed by atoms with Crippen LogP contribution in [0, 0.1) is 0 Å². The van der Waals surface area contributed by atoms with Crippen molar-refractivity contribution in [3.63, 3.8) is 0 Å². The second-order valence-electron chi connectivity index (χ2n) is 6.28. The van der Waals surface area contributed by atoms with Gasteiger partial charge in [-0.2, -0.15) is 0 Å². The number of furan rings is 1. The fourth-order valence-electron chi connectivity index (χ4n) is 2.80. The number of carbonyl (C=O) groups excluding carboxylic acids is 2. The lowest BCUT2D eigenvalue weighted by Gasteiger charge is -2.11. The van der Waals surface area contributed by atoms with Gasteiger partial charge in [-0.3, -0.25) is 9.59 Å². The van der Waals surface area contributed by atoms with E-state index in [1.54, 1.807) is 18.2 Å². The van der Waals surface area contributed by atoms with Crippen LogP contribution in [0.5, 0.6) is 5.75 Å². The van der Waals surface area contributed by atoms with E-state index in [-0.39, 0.29) is 18.2 Å². The summed E-state index contributed by atoms with van der Waals surface area (Å²) in [5, 5.41) is 5.51. The molecule has 0 radical (unpaired) electrons. The van der Waals surface area contributed by atoms with Gasteiger partial charge in [0.15, 0.2) is 0 Å². The second kappa shape index (κ2) is 8.90. The lowest BCUT2D eigenvalue weighted by molar-refractivity contribution is -0.116. The number of amides is 2. The molecular formula is C22H22N2O4. The van der Waals surface area contributed by atoms with Crippen LogP contribution in [0.4, 0.5) is 11.4 Å². The van der Waals surface area contributed by atoms with E-state index in [4.69, 9.17) is 9.15 Å². The molecule has 2 amide bonds. The molecule has 6 nitrogen and oxygen atoms in total. The quantitative estimate of drug-likeness (QED) is 0.635. The molecular weight excluding hydrogens is 356 g/mol. The first kappa shape index (κ1) is 19.2. The topological polar surface area (TPSA) is 80.6 Å². The summed E-state index contributed by atoms with van der Waals surface area (Å²) >= 11 is 0. The number of carbonyl (C=O) groups is 2. The fraction of sp³-hybridized carbons (Fsp3) is 0.182. The third-order valence-electron chi connectivity index (χ3n) is 4.11. The van der Waals surface area contributed by atoms with Crippen molar-refractivity contribution in [2.75, 3.05) is 17.7 Å². The van der Waals surface area contributed by atoms with E-state index >= 15 is 0 Å². The molecule has 1 heterocycles. The van der Waals surface area contributed by atoms with E-state index < -0.39 is 0 Å². The predicted octanol–water partition coefficient (Wildman–Crippen LogP) is 4.48. The Morgan fingerprint density at radius 2 is 1.79 bits per heavy atom. The first-order valence-corrected chi connectivity index (χ1v) is 8.95. The van der Waals surface area contributed by atoms with Crippen LogP contribution >= 0.6 is 0 Å². The maximum atomic E-state index is 12.3. The van der Waals surface area contributed by atoms with Crippen LogP contribution in [-0.4, -0.2) is 18.9 Å². The summed E-state index contributed by atoms with van der Waals surface area (Å²) in [4.78, 5) is 23.6. The van der Waals surface area contributed by atoms with Gasteiger partial charge < -0.3 is 19.8 Å². The van der Waals surface area contributed by atoms with Crippen molar-refractivity contribution in [3.8, 4) is 17.1 Å². The van der Waals surface area contributed by atoms with Gasteiger partial charge in [-0.05, 0) is 30.3 Å². The van der Waals surface area contributed by atoms with Gasteiger partial charge in [0.05, 0.1) is 12.8 Å². The van der Waals surface area contributed by atoms with E-state index in [1.165, 1.54) is 14.0 Å². The second-order valence-corrected chi connectivity index (χ2v) is 6.28. The Kier molecular flexibility index (Phi) is 6.11. The molecule has 0 aliphatic heterocycles. The molecule has 2 N–H and O–H groups in total. The van der Waals surface area contributed by atoms with Gasteiger partial charge in [0, 0.05) is 31.0 Å². The Balaban J connectivity index is 1.59. The number of aryl methyl sites for hydroxylation is 1. The van der Waals surface area contributed by atoms with Gasteiger partial charge in [-0.25, -0.2) is 0 Å². The Hall–Kier alpha value is -3.54. The van der Waals surface area contributed by atoms with E-state index in [2.05, 4.69) is 10.6 Å². The molecule has 3 rings (SSSR count).